The molecule has 1 aromatic carbocycles. The van der Waals surface area contributed by atoms with Crippen LogP contribution in [0.2, 0.25) is 0 Å². The number of anilines is 1. The molecule has 0 aliphatic rings. The third-order valence-electron chi connectivity index (χ3n) is 2.26. The normalized spacial score (nSPS) is 11.1. The fourth-order valence-corrected chi connectivity index (χ4v) is 1.92. The van der Waals surface area contributed by atoms with E-state index in [0.717, 1.165) is 0 Å². The second-order valence-corrected chi connectivity index (χ2v) is 4.82. The van der Waals surface area contributed by atoms with Crippen molar-refractivity contribution in [1.82, 2.24) is 0 Å². The summed E-state index contributed by atoms with van der Waals surface area (Å²) in [5.41, 5.74) is -3.88. The molecule has 0 heterocycles. The van der Waals surface area contributed by atoms with E-state index in [2.05, 4.69) is 5.32 Å². The Morgan fingerprint density at radius 3 is 2.45 bits per heavy atom. The summed E-state index contributed by atoms with van der Waals surface area (Å²) in [4.78, 5) is 11.5. The number of amides is 1. The molecule has 8 heteroatoms. The Morgan fingerprint density at radius 2 is 1.90 bits per heavy atom. The highest BCUT2D eigenvalue weighted by Gasteiger charge is 2.27. The highest BCUT2D eigenvalue weighted by molar-refractivity contribution is 8.00. The number of benzene rings is 1. The molecule has 0 unspecified atom stereocenters. The number of nitrogens with one attached hydrogen (secondary N) is 1. The van der Waals surface area contributed by atoms with Crippen molar-refractivity contribution in [3.63, 3.8) is 0 Å². The van der Waals surface area contributed by atoms with Gasteiger partial charge in [-0.05, 0) is 12.1 Å². The molecule has 0 bridgehead atoms. The molecular formula is C12H14F3NO3S. The van der Waals surface area contributed by atoms with Gasteiger partial charge in [-0.3, -0.25) is 4.79 Å². The van der Waals surface area contributed by atoms with E-state index in [0.29, 0.717) is 17.2 Å². The molecule has 0 aromatic heterocycles. The molecule has 1 rings (SSSR count). The molecule has 0 aliphatic heterocycles. The van der Waals surface area contributed by atoms with Gasteiger partial charge < -0.3 is 14.8 Å². The monoisotopic (exact) mass is 309 g/mol. The minimum atomic E-state index is -4.32. The van der Waals surface area contributed by atoms with Crippen molar-refractivity contribution >= 4 is 23.4 Å². The Bertz CT molecular complexity index is 466. The van der Waals surface area contributed by atoms with E-state index < -0.39 is 11.4 Å². The van der Waals surface area contributed by atoms with Gasteiger partial charge >= 0.3 is 5.51 Å². The van der Waals surface area contributed by atoms with Gasteiger partial charge in [0.1, 0.15) is 0 Å². The number of hydrogen-bond acceptors (Lipinski definition) is 4. The minimum Gasteiger partial charge on any atom is -0.493 e. The van der Waals surface area contributed by atoms with Crippen LogP contribution in [-0.4, -0.2) is 31.4 Å². The van der Waals surface area contributed by atoms with Gasteiger partial charge in [-0.2, -0.15) is 13.2 Å². The molecule has 0 aliphatic carbocycles. The van der Waals surface area contributed by atoms with Crippen molar-refractivity contribution in [1.29, 1.82) is 0 Å². The van der Waals surface area contributed by atoms with E-state index in [9.17, 15) is 18.0 Å². The van der Waals surface area contributed by atoms with E-state index in [-0.39, 0.29) is 23.9 Å². The Balaban J connectivity index is 2.54. The predicted molar refractivity (Wildman–Crippen MR) is 71.3 cm³/mol. The standard InChI is InChI=1S/C12H14F3NO3S/c1-18-9-4-3-8(7-10(9)19-2)16-11(17)5-6-20-12(13,14)15/h3-4,7H,5-6H2,1-2H3,(H,16,17). The van der Waals surface area contributed by atoms with Crippen LogP contribution in [0.5, 0.6) is 11.5 Å². The smallest absolute Gasteiger partial charge is 0.441 e. The topological polar surface area (TPSA) is 47.6 Å². The van der Waals surface area contributed by atoms with Crippen LogP contribution < -0.4 is 14.8 Å². The summed E-state index contributed by atoms with van der Waals surface area (Å²) in [7, 11) is 2.92. The first-order chi connectivity index (χ1) is 9.35. The molecule has 0 fully saturated rings. The van der Waals surface area contributed by atoms with Crippen molar-refractivity contribution < 1.29 is 27.4 Å². The molecular weight excluding hydrogens is 295 g/mol. The van der Waals surface area contributed by atoms with Crippen LogP contribution in [0.3, 0.4) is 0 Å². The number of carbonyl (C=O) groups is 1. The summed E-state index contributed by atoms with van der Waals surface area (Å²) in [5.74, 6) is 0.116. The maximum Gasteiger partial charge on any atom is 0.441 e. The summed E-state index contributed by atoms with van der Waals surface area (Å²) >= 11 is -0.219. The number of thioether (sulfide) groups is 1. The first-order valence-corrected chi connectivity index (χ1v) is 6.57. The number of ether oxygens (including phenoxy) is 2. The quantitative estimate of drug-likeness (QED) is 0.876. The maximum atomic E-state index is 11.9. The number of methoxy groups -OCH3 is 2. The van der Waals surface area contributed by atoms with Crippen molar-refractivity contribution in [3.8, 4) is 11.5 Å². The summed E-state index contributed by atoms with van der Waals surface area (Å²) in [6.45, 7) is 0. The molecule has 0 radical (unpaired) electrons. The number of alkyl halides is 3. The predicted octanol–water partition coefficient (Wildman–Crippen LogP) is 3.29. The van der Waals surface area contributed by atoms with Crippen LogP contribution in [-0.2, 0) is 4.79 Å². The van der Waals surface area contributed by atoms with E-state index in [1.54, 1.807) is 12.1 Å². The Hall–Kier alpha value is -1.57. The lowest BCUT2D eigenvalue weighted by Crippen LogP contribution is -2.13. The van der Waals surface area contributed by atoms with Crippen molar-refractivity contribution in [2.45, 2.75) is 11.9 Å². The van der Waals surface area contributed by atoms with E-state index in [4.69, 9.17) is 9.47 Å². The Kier molecular flexibility index (Phi) is 6.00. The first kappa shape index (κ1) is 16.5. The van der Waals surface area contributed by atoms with Crippen LogP contribution in [0, 0.1) is 0 Å². The van der Waals surface area contributed by atoms with Gasteiger partial charge in [-0.25, -0.2) is 0 Å². The zero-order chi connectivity index (χ0) is 15.2. The Morgan fingerprint density at radius 1 is 1.25 bits per heavy atom. The Labute approximate surface area is 118 Å². The van der Waals surface area contributed by atoms with Crippen LogP contribution >= 0.6 is 11.8 Å². The van der Waals surface area contributed by atoms with Crippen LogP contribution in [0.4, 0.5) is 18.9 Å². The molecule has 0 spiro atoms. The van der Waals surface area contributed by atoms with E-state index in [1.165, 1.54) is 20.3 Å². The van der Waals surface area contributed by atoms with Crippen molar-refractivity contribution in [2.24, 2.45) is 0 Å². The highest BCUT2D eigenvalue weighted by Crippen LogP contribution is 2.31. The number of carbonyl (C=O) groups excluding carboxylic acids is 1. The van der Waals surface area contributed by atoms with Gasteiger partial charge in [-0.15, -0.1) is 0 Å². The lowest BCUT2D eigenvalue weighted by atomic mass is 10.2. The minimum absolute atomic E-state index is 0.219. The second kappa shape index (κ2) is 7.28. The second-order valence-electron chi connectivity index (χ2n) is 3.66. The van der Waals surface area contributed by atoms with Gasteiger partial charge in [0.15, 0.2) is 11.5 Å². The van der Waals surface area contributed by atoms with Gasteiger partial charge in [0, 0.05) is 23.9 Å². The summed E-state index contributed by atoms with van der Waals surface area (Å²) in [6.07, 6.45) is -0.224. The number of rotatable bonds is 6. The third-order valence-corrected chi connectivity index (χ3v) is 3.00. The molecule has 0 atom stereocenters. The SMILES string of the molecule is COc1ccc(NC(=O)CCSC(F)(F)F)cc1OC. The molecule has 0 saturated carbocycles. The molecule has 1 amide bonds. The van der Waals surface area contributed by atoms with E-state index >= 15 is 0 Å². The molecule has 1 aromatic rings. The average Bonchev–Trinajstić information content (AvgIpc) is 2.37. The van der Waals surface area contributed by atoms with Gasteiger partial charge in [0.2, 0.25) is 5.91 Å². The maximum absolute atomic E-state index is 11.9. The van der Waals surface area contributed by atoms with Crippen LogP contribution in [0.1, 0.15) is 6.42 Å². The largest absolute Gasteiger partial charge is 0.493 e. The zero-order valence-corrected chi connectivity index (χ0v) is 11.7. The number of halogens is 3. The third kappa shape index (κ3) is 5.60. The molecule has 1 N–H and O–H groups in total. The number of hydrogen-bond donors (Lipinski definition) is 1. The summed E-state index contributed by atoms with van der Waals surface area (Å²) in [5, 5.41) is 2.50. The lowest BCUT2D eigenvalue weighted by molar-refractivity contribution is -0.115. The molecule has 4 nitrogen and oxygen atoms in total. The van der Waals surface area contributed by atoms with Crippen molar-refractivity contribution in [3.05, 3.63) is 18.2 Å². The van der Waals surface area contributed by atoms with E-state index in [1.807, 2.05) is 0 Å². The zero-order valence-electron chi connectivity index (χ0n) is 10.9. The summed E-state index contributed by atoms with van der Waals surface area (Å²) < 4.78 is 45.8. The average molecular weight is 309 g/mol. The summed E-state index contributed by atoms with van der Waals surface area (Å²) in [6, 6.07) is 4.71. The molecule has 112 valence electrons. The molecule has 0 saturated heterocycles. The first-order valence-electron chi connectivity index (χ1n) is 5.58. The van der Waals surface area contributed by atoms with Gasteiger partial charge in [0.05, 0.1) is 14.2 Å². The van der Waals surface area contributed by atoms with Crippen LogP contribution in [0.25, 0.3) is 0 Å². The lowest BCUT2D eigenvalue weighted by Gasteiger charge is -2.10. The van der Waals surface area contributed by atoms with Crippen LogP contribution in [0.15, 0.2) is 18.2 Å². The fraction of sp³-hybridized carbons (Fsp3) is 0.417. The molecule has 20 heavy (non-hydrogen) atoms. The van der Waals surface area contributed by atoms with Gasteiger partial charge in [0.25, 0.3) is 0 Å². The fourth-order valence-electron chi connectivity index (χ4n) is 1.40. The van der Waals surface area contributed by atoms with Crippen molar-refractivity contribution in [2.75, 3.05) is 25.3 Å². The highest BCUT2D eigenvalue weighted by atomic mass is 32.2. The van der Waals surface area contributed by atoms with Gasteiger partial charge in [-0.1, -0.05) is 11.8 Å².